The number of aromatic nitrogens is 2. The number of carboxylic acid groups (broad SMARTS) is 1. The molecule has 0 radical (unpaired) electrons. The molecule has 0 aliphatic heterocycles. The number of hydrogen-bond acceptors (Lipinski definition) is 6. The van der Waals surface area contributed by atoms with Gasteiger partial charge in [0.2, 0.25) is 5.91 Å². The molecule has 0 saturated carbocycles. The van der Waals surface area contributed by atoms with Gasteiger partial charge >= 0.3 is 6.09 Å². The molecule has 0 fully saturated rings. The van der Waals surface area contributed by atoms with Gasteiger partial charge in [-0.15, -0.1) is 11.3 Å². The predicted octanol–water partition coefficient (Wildman–Crippen LogP) is 3.11. The molecule has 2 amide bonds. The normalized spacial score (nSPS) is 10.4. The highest BCUT2D eigenvalue weighted by atomic mass is 32.1. The molecule has 0 bridgehead atoms. The number of phenolic OH excluding ortho intramolecular Hbond substituents is 1. The van der Waals surface area contributed by atoms with Crippen LogP contribution in [0.25, 0.3) is 0 Å². The van der Waals surface area contributed by atoms with E-state index in [0.717, 1.165) is 21.8 Å². The second-order valence-electron chi connectivity index (χ2n) is 5.63. The summed E-state index contributed by atoms with van der Waals surface area (Å²) >= 11 is 1.15. The number of benzene rings is 1. The zero-order valence-corrected chi connectivity index (χ0v) is 14.9. The molecule has 0 saturated heterocycles. The van der Waals surface area contributed by atoms with Gasteiger partial charge in [-0.2, -0.15) is 0 Å². The maximum absolute atomic E-state index is 12.1. The summed E-state index contributed by atoms with van der Waals surface area (Å²) in [5.74, 6) is -0.261. The lowest BCUT2D eigenvalue weighted by Gasteiger charge is -2.15. The fourth-order valence-corrected chi connectivity index (χ4v) is 3.16. The van der Waals surface area contributed by atoms with Crippen LogP contribution in [0.2, 0.25) is 0 Å². The van der Waals surface area contributed by atoms with Crippen LogP contribution in [0.3, 0.4) is 0 Å². The van der Waals surface area contributed by atoms with Gasteiger partial charge in [-0.3, -0.25) is 9.78 Å². The molecule has 138 valence electrons. The van der Waals surface area contributed by atoms with E-state index in [4.69, 9.17) is 0 Å². The van der Waals surface area contributed by atoms with E-state index in [0.29, 0.717) is 11.4 Å². The number of hydrogen-bond donors (Lipinski definition) is 3. The van der Waals surface area contributed by atoms with E-state index in [2.05, 4.69) is 15.3 Å². The lowest BCUT2D eigenvalue weighted by molar-refractivity contribution is -0.115. The van der Waals surface area contributed by atoms with Crippen molar-refractivity contribution in [1.29, 1.82) is 0 Å². The maximum Gasteiger partial charge on any atom is 0.413 e. The number of carbonyl (C=O) groups excluding carboxylic acids is 1. The number of phenols is 1. The van der Waals surface area contributed by atoms with Gasteiger partial charge in [0.15, 0.2) is 5.13 Å². The third-order valence-corrected chi connectivity index (χ3v) is 4.45. The van der Waals surface area contributed by atoms with E-state index in [1.54, 1.807) is 42.0 Å². The number of nitrogens with one attached hydrogen (secondary N) is 1. The fraction of sp³-hybridized carbons (Fsp3) is 0.111. The molecule has 0 unspecified atom stereocenters. The largest absolute Gasteiger partial charge is 0.508 e. The monoisotopic (exact) mass is 384 g/mol. The van der Waals surface area contributed by atoms with Crippen molar-refractivity contribution in [3.63, 3.8) is 0 Å². The molecule has 2 heterocycles. The summed E-state index contributed by atoms with van der Waals surface area (Å²) in [6, 6.07) is 9.73. The minimum absolute atomic E-state index is 0.00743. The number of rotatable bonds is 6. The Morgan fingerprint density at radius 2 is 2.07 bits per heavy atom. The zero-order chi connectivity index (χ0) is 19.2. The highest BCUT2D eigenvalue weighted by molar-refractivity contribution is 7.14. The van der Waals surface area contributed by atoms with Crippen LogP contribution < -0.4 is 10.2 Å². The van der Waals surface area contributed by atoms with Crippen LogP contribution in [-0.4, -0.2) is 32.2 Å². The molecule has 3 rings (SSSR count). The van der Waals surface area contributed by atoms with E-state index in [1.807, 2.05) is 0 Å². The third kappa shape index (κ3) is 5.02. The minimum atomic E-state index is -1.14. The molecule has 9 heteroatoms. The Morgan fingerprint density at radius 3 is 2.78 bits per heavy atom. The van der Waals surface area contributed by atoms with Crippen LogP contribution in [0.5, 0.6) is 5.75 Å². The molecule has 8 nitrogen and oxygen atoms in total. The van der Waals surface area contributed by atoms with E-state index in [-0.39, 0.29) is 29.8 Å². The first-order chi connectivity index (χ1) is 13.0. The fourth-order valence-electron chi connectivity index (χ4n) is 2.35. The van der Waals surface area contributed by atoms with E-state index >= 15 is 0 Å². The third-order valence-electron chi connectivity index (χ3n) is 3.54. The molecule has 27 heavy (non-hydrogen) atoms. The number of thiazole rings is 1. The Morgan fingerprint density at radius 1 is 1.22 bits per heavy atom. The van der Waals surface area contributed by atoms with Gasteiger partial charge in [-0.05, 0) is 23.8 Å². The minimum Gasteiger partial charge on any atom is -0.508 e. The van der Waals surface area contributed by atoms with Gasteiger partial charge in [0.05, 0.1) is 18.7 Å². The summed E-state index contributed by atoms with van der Waals surface area (Å²) in [6.07, 6.45) is 2.06. The van der Waals surface area contributed by atoms with Crippen molar-refractivity contribution in [2.75, 3.05) is 10.2 Å². The number of anilines is 2. The standard InChI is InChI=1S/C18H16N4O4S/c23-15-5-1-4-13(7-15)20-16(24)8-14-11-27-17(21-14)22(18(25)26)10-12-3-2-6-19-9-12/h1-7,9,11,23H,8,10H2,(H,20,24)(H,25,26). The van der Waals surface area contributed by atoms with Crippen LogP contribution in [0.1, 0.15) is 11.3 Å². The molecule has 0 spiro atoms. The number of aromatic hydroxyl groups is 1. The molecule has 3 N–H and O–H groups in total. The Hall–Kier alpha value is -3.46. The first-order valence-corrected chi connectivity index (χ1v) is 8.82. The Bertz CT molecular complexity index is 945. The van der Waals surface area contributed by atoms with Crippen molar-refractivity contribution < 1.29 is 19.8 Å². The predicted molar refractivity (Wildman–Crippen MR) is 101 cm³/mol. The lowest BCUT2D eigenvalue weighted by atomic mass is 10.2. The summed E-state index contributed by atoms with van der Waals surface area (Å²) in [6.45, 7) is 0.117. The number of carbonyl (C=O) groups is 2. The van der Waals surface area contributed by atoms with Crippen LogP contribution in [0, 0.1) is 0 Å². The molecular weight excluding hydrogens is 368 g/mol. The van der Waals surface area contributed by atoms with Gasteiger partial charge in [0.1, 0.15) is 5.75 Å². The van der Waals surface area contributed by atoms with Crippen LogP contribution in [0.4, 0.5) is 15.6 Å². The van der Waals surface area contributed by atoms with Crippen LogP contribution >= 0.6 is 11.3 Å². The van der Waals surface area contributed by atoms with Crippen molar-refractivity contribution in [2.45, 2.75) is 13.0 Å². The highest BCUT2D eigenvalue weighted by Gasteiger charge is 2.19. The summed E-state index contributed by atoms with van der Waals surface area (Å²) in [5, 5.41) is 23.5. The van der Waals surface area contributed by atoms with Gasteiger partial charge in [0.25, 0.3) is 0 Å². The van der Waals surface area contributed by atoms with Gasteiger partial charge < -0.3 is 15.5 Å². The average Bonchev–Trinajstić information content (AvgIpc) is 3.08. The number of amides is 2. The second-order valence-corrected chi connectivity index (χ2v) is 6.46. The summed E-state index contributed by atoms with van der Waals surface area (Å²) < 4.78 is 0. The maximum atomic E-state index is 12.1. The number of pyridine rings is 1. The molecular formula is C18H16N4O4S. The van der Waals surface area contributed by atoms with Crippen molar-refractivity contribution in [2.24, 2.45) is 0 Å². The molecule has 3 aromatic rings. The summed E-state index contributed by atoms with van der Waals surface area (Å²) in [7, 11) is 0. The summed E-state index contributed by atoms with van der Waals surface area (Å²) in [4.78, 5) is 33.1. The topological polar surface area (TPSA) is 116 Å². The summed E-state index contributed by atoms with van der Waals surface area (Å²) in [5.41, 5.74) is 1.67. The molecule has 2 aromatic heterocycles. The lowest BCUT2D eigenvalue weighted by Crippen LogP contribution is -2.28. The first-order valence-electron chi connectivity index (χ1n) is 7.94. The Balaban J connectivity index is 1.67. The van der Waals surface area contributed by atoms with Crippen molar-refractivity contribution in [3.8, 4) is 5.75 Å². The van der Waals surface area contributed by atoms with Gasteiger partial charge in [-0.1, -0.05) is 12.1 Å². The van der Waals surface area contributed by atoms with E-state index < -0.39 is 6.09 Å². The molecule has 0 aliphatic rings. The quantitative estimate of drug-likeness (QED) is 0.601. The van der Waals surface area contributed by atoms with Crippen molar-refractivity contribution >= 4 is 34.2 Å². The Kier molecular flexibility index (Phi) is 5.62. The first kappa shape index (κ1) is 18.3. The van der Waals surface area contributed by atoms with E-state index in [9.17, 15) is 19.8 Å². The average molecular weight is 384 g/mol. The van der Waals surface area contributed by atoms with Gasteiger partial charge in [-0.25, -0.2) is 14.7 Å². The molecule has 0 aliphatic carbocycles. The zero-order valence-electron chi connectivity index (χ0n) is 14.1. The van der Waals surface area contributed by atoms with Crippen molar-refractivity contribution in [1.82, 2.24) is 9.97 Å². The van der Waals surface area contributed by atoms with Crippen molar-refractivity contribution in [3.05, 3.63) is 65.4 Å². The second kappa shape index (κ2) is 8.28. The highest BCUT2D eigenvalue weighted by Crippen LogP contribution is 2.23. The Labute approximate surface area is 158 Å². The molecule has 1 aromatic carbocycles. The SMILES string of the molecule is O=C(Cc1csc(N(Cc2cccnc2)C(=O)O)n1)Nc1cccc(O)c1. The van der Waals surface area contributed by atoms with Gasteiger partial charge in [0, 0.05) is 29.5 Å². The van der Waals surface area contributed by atoms with Crippen LogP contribution in [0.15, 0.2) is 54.2 Å². The molecule has 0 atom stereocenters. The smallest absolute Gasteiger partial charge is 0.413 e. The van der Waals surface area contributed by atoms with E-state index in [1.165, 1.54) is 12.1 Å². The number of nitrogens with zero attached hydrogens (tertiary/aromatic N) is 3. The van der Waals surface area contributed by atoms with Crippen LogP contribution in [-0.2, 0) is 17.8 Å².